The average Bonchev–Trinajstić information content (AvgIpc) is 3.30. The topological polar surface area (TPSA) is 125 Å². The van der Waals surface area contributed by atoms with Gasteiger partial charge in [0, 0.05) is 30.0 Å². The highest BCUT2D eigenvalue weighted by molar-refractivity contribution is 6.15. The summed E-state index contributed by atoms with van der Waals surface area (Å²) < 4.78 is 44.3. The highest BCUT2D eigenvalue weighted by Gasteiger charge is 2.39. The van der Waals surface area contributed by atoms with E-state index in [-0.39, 0.29) is 46.7 Å². The zero-order chi connectivity index (χ0) is 30.1. The van der Waals surface area contributed by atoms with Gasteiger partial charge in [0.05, 0.1) is 47.5 Å². The number of rotatable bonds is 8. The molecule has 42 heavy (non-hydrogen) atoms. The van der Waals surface area contributed by atoms with Crippen molar-refractivity contribution in [3.8, 4) is 46.0 Å². The summed E-state index contributed by atoms with van der Waals surface area (Å²) in [5.41, 5.74) is 1.94. The molecule has 11 nitrogen and oxygen atoms in total. The Hall–Kier alpha value is -5.19. The second-order valence-corrected chi connectivity index (χ2v) is 9.32. The molecule has 0 unspecified atom stereocenters. The first-order chi connectivity index (χ1) is 20.2. The van der Waals surface area contributed by atoms with Crippen LogP contribution in [0.25, 0.3) is 6.08 Å². The first kappa shape index (κ1) is 28.3. The van der Waals surface area contributed by atoms with Gasteiger partial charge in [0.15, 0.2) is 28.8 Å². The highest BCUT2D eigenvalue weighted by atomic mass is 16.6. The number of hydrogen-bond donors (Lipinski definition) is 0. The number of esters is 2. The quantitative estimate of drug-likeness (QED) is 0.210. The van der Waals surface area contributed by atoms with Gasteiger partial charge in [-0.05, 0) is 42.0 Å². The fourth-order valence-corrected chi connectivity index (χ4v) is 5.04. The molecule has 0 aliphatic carbocycles. The fourth-order valence-electron chi connectivity index (χ4n) is 5.04. The van der Waals surface area contributed by atoms with E-state index < -0.39 is 17.9 Å². The number of ether oxygens (including phenoxy) is 8. The van der Waals surface area contributed by atoms with E-state index in [1.807, 2.05) is 0 Å². The molecule has 2 aliphatic rings. The molecule has 3 aromatic rings. The number of ketones is 1. The monoisotopic (exact) mass is 576 g/mol. The van der Waals surface area contributed by atoms with Crippen LogP contribution >= 0.6 is 0 Å². The van der Waals surface area contributed by atoms with E-state index in [1.165, 1.54) is 42.5 Å². The maximum absolute atomic E-state index is 13.5. The lowest BCUT2D eigenvalue weighted by molar-refractivity contribution is -0.135. The van der Waals surface area contributed by atoms with Crippen LogP contribution in [-0.2, 0) is 9.59 Å². The number of allylic oxidation sites excluding steroid dienone is 1. The summed E-state index contributed by atoms with van der Waals surface area (Å²) in [6.07, 6.45) is 1.50. The minimum absolute atomic E-state index is 0.0416. The van der Waals surface area contributed by atoms with Gasteiger partial charge in [0.1, 0.15) is 17.2 Å². The van der Waals surface area contributed by atoms with E-state index in [0.29, 0.717) is 39.5 Å². The number of methoxy groups -OCH3 is 5. The molecular weight excluding hydrogens is 548 g/mol. The highest BCUT2D eigenvalue weighted by Crippen LogP contribution is 2.51. The number of fused-ring (bicyclic) bond motifs is 3. The van der Waals surface area contributed by atoms with E-state index in [4.69, 9.17) is 37.9 Å². The zero-order valence-electron chi connectivity index (χ0n) is 23.8. The van der Waals surface area contributed by atoms with Crippen molar-refractivity contribution >= 4 is 23.8 Å². The van der Waals surface area contributed by atoms with Gasteiger partial charge in [-0.2, -0.15) is 0 Å². The third-order valence-corrected chi connectivity index (χ3v) is 6.93. The predicted octanol–water partition coefficient (Wildman–Crippen LogP) is 4.71. The summed E-state index contributed by atoms with van der Waals surface area (Å²) in [5.74, 6) is 0.482. The predicted molar refractivity (Wildman–Crippen MR) is 148 cm³/mol. The molecule has 11 heteroatoms. The van der Waals surface area contributed by atoms with Gasteiger partial charge in [-0.25, -0.2) is 0 Å². The molecule has 0 spiro atoms. The maximum Gasteiger partial charge on any atom is 0.312 e. The lowest BCUT2D eigenvalue weighted by atomic mass is 9.84. The van der Waals surface area contributed by atoms with Crippen LogP contribution < -0.4 is 37.9 Å². The first-order valence-corrected chi connectivity index (χ1v) is 12.8. The van der Waals surface area contributed by atoms with E-state index >= 15 is 0 Å². The Morgan fingerprint density at radius 2 is 1.43 bits per heavy atom. The smallest absolute Gasteiger partial charge is 0.312 e. The molecule has 0 N–H and O–H groups in total. The molecule has 218 valence electrons. The third-order valence-electron chi connectivity index (χ3n) is 6.93. The van der Waals surface area contributed by atoms with E-state index in [0.717, 1.165) is 0 Å². The molecule has 2 aliphatic heterocycles. The summed E-state index contributed by atoms with van der Waals surface area (Å²) in [7, 11) is 7.36. The lowest BCUT2D eigenvalue weighted by Gasteiger charge is -2.27. The van der Waals surface area contributed by atoms with Crippen LogP contribution in [-0.4, -0.2) is 53.3 Å². The van der Waals surface area contributed by atoms with Crippen LogP contribution in [0, 0.1) is 0 Å². The molecule has 0 radical (unpaired) electrons. The van der Waals surface area contributed by atoms with Crippen molar-refractivity contribution in [3.05, 3.63) is 64.4 Å². The lowest BCUT2D eigenvalue weighted by Crippen LogP contribution is -2.21. The van der Waals surface area contributed by atoms with Crippen LogP contribution in [0.1, 0.15) is 46.3 Å². The normalized spacial score (nSPS) is 16.1. The van der Waals surface area contributed by atoms with Gasteiger partial charge >= 0.3 is 11.9 Å². The summed E-state index contributed by atoms with van der Waals surface area (Å²) in [6, 6.07) is 9.75. The van der Waals surface area contributed by atoms with Crippen molar-refractivity contribution < 1.29 is 52.3 Å². The standard InChI is InChI=1S/C31H28O11/c1-15(32)40-31-25(38-5)9-16(10-26(31)39-6)19-13-27(33)41-20-8-7-18-29(34)24(42-30(18)28(19)20)12-17-11-22(36-3)23(37-4)14-21(17)35-2/h7-12,14,19H,13H2,1-6H3/b24-12+/t19-/m1/s1. The largest absolute Gasteiger partial charge is 0.496 e. The maximum atomic E-state index is 13.5. The van der Waals surface area contributed by atoms with Crippen molar-refractivity contribution in [1.82, 2.24) is 0 Å². The summed E-state index contributed by atoms with van der Waals surface area (Å²) in [4.78, 5) is 37.9. The van der Waals surface area contributed by atoms with Gasteiger partial charge in [-0.3, -0.25) is 14.4 Å². The summed E-state index contributed by atoms with van der Waals surface area (Å²) in [6.45, 7) is 1.26. The van der Waals surface area contributed by atoms with Gasteiger partial charge in [-0.1, -0.05) is 0 Å². The molecule has 5 rings (SSSR count). The third kappa shape index (κ3) is 4.93. The molecule has 0 amide bonds. The van der Waals surface area contributed by atoms with Crippen LogP contribution in [0.15, 0.2) is 42.2 Å². The van der Waals surface area contributed by atoms with E-state index in [1.54, 1.807) is 42.5 Å². The Bertz CT molecular complexity index is 1610. The SMILES string of the molecule is COc1cc(OC)c(OC)cc1/C=C1/Oc2c(ccc3c2[C@@H](c2cc(OC)c(OC(C)=O)c(OC)c2)CC(=O)O3)C1=O. The Kier molecular flexibility index (Phi) is 7.66. The Morgan fingerprint density at radius 1 is 0.810 bits per heavy atom. The van der Waals surface area contributed by atoms with Crippen LogP contribution in [0.4, 0.5) is 0 Å². The van der Waals surface area contributed by atoms with Gasteiger partial charge < -0.3 is 37.9 Å². The van der Waals surface area contributed by atoms with Crippen molar-refractivity contribution in [3.63, 3.8) is 0 Å². The van der Waals surface area contributed by atoms with Crippen LogP contribution in [0.2, 0.25) is 0 Å². The number of benzene rings is 3. The van der Waals surface area contributed by atoms with Crippen LogP contribution in [0.3, 0.4) is 0 Å². The Balaban J connectivity index is 1.62. The number of Topliss-reactive ketones (excluding diaryl/α,β-unsaturated/α-hetero) is 1. The molecule has 2 heterocycles. The van der Waals surface area contributed by atoms with Crippen molar-refractivity contribution in [1.29, 1.82) is 0 Å². The molecule has 0 saturated heterocycles. The minimum atomic E-state index is -0.604. The van der Waals surface area contributed by atoms with Gasteiger partial charge in [0.25, 0.3) is 0 Å². The molecule has 1 atom stereocenters. The molecule has 3 aromatic carbocycles. The van der Waals surface area contributed by atoms with Gasteiger partial charge in [0.2, 0.25) is 11.5 Å². The molecule has 0 aromatic heterocycles. The Morgan fingerprint density at radius 3 is 2.02 bits per heavy atom. The number of carbonyl (C=O) groups is 3. The molecule has 0 bridgehead atoms. The molecular formula is C31H28O11. The fraction of sp³-hybridized carbons (Fsp3) is 0.258. The van der Waals surface area contributed by atoms with E-state index in [2.05, 4.69) is 0 Å². The zero-order valence-corrected chi connectivity index (χ0v) is 23.8. The number of carbonyl (C=O) groups excluding carboxylic acids is 3. The Labute approximate surface area is 241 Å². The van der Waals surface area contributed by atoms with Crippen molar-refractivity contribution in [2.45, 2.75) is 19.3 Å². The first-order valence-electron chi connectivity index (χ1n) is 12.8. The molecule has 0 fully saturated rings. The van der Waals surface area contributed by atoms with Crippen molar-refractivity contribution in [2.24, 2.45) is 0 Å². The number of hydrogen-bond acceptors (Lipinski definition) is 11. The van der Waals surface area contributed by atoms with Crippen LogP contribution in [0.5, 0.6) is 46.0 Å². The van der Waals surface area contributed by atoms with E-state index in [9.17, 15) is 14.4 Å². The minimum Gasteiger partial charge on any atom is -0.496 e. The second kappa shape index (κ2) is 11.4. The summed E-state index contributed by atoms with van der Waals surface area (Å²) in [5, 5.41) is 0. The molecule has 0 saturated carbocycles. The summed E-state index contributed by atoms with van der Waals surface area (Å²) >= 11 is 0. The second-order valence-electron chi connectivity index (χ2n) is 9.32. The van der Waals surface area contributed by atoms with Gasteiger partial charge in [-0.15, -0.1) is 0 Å². The average molecular weight is 577 g/mol. The van der Waals surface area contributed by atoms with Crippen molar-refractivity contribution in [2.75, 3.05) is 35.5 Å².